The van der Waals surface area contributed by atoms with E-state index < -0.39 is 23.3 Å². The largest absolute Gasteiger partial charge is 0.434 e. The average Bonchev–Trinajstić information content (AvgIpc) is 3.51. The maximum Gasteiger partial charge on any atom is 0.434 e. The number of aryl methyl sites for hydroxylation is 1. The summed E-state index contributed by atoms with van der Waals surface area (Å²) in [6.07, 6.45) is -1.54. The lowest BCUT2D eigenvalue weighted by molar-refractivity contribution is -0.143. The standard InChI is InChI=1S/C23H20F3N5OS/c1-14-4-7-16(8-5-14)31-20(23(24,25)26)17(13-27-31)21(32)28-15-6-9-18-19(12-15)33-22(29-18)30-10-2-3-11-30/h4-9,12-13H,2-3,10-11H2,1H3,(H,28,32). The first kappa shape index (κ1) is 21.4. The fraction of sp³-hybridized carbons (Fsp3) is 0.261. The first-order valence-corrected chi connectivity index (χ1v) is 11.3. The fourth-order valence-electron chi connectivity index (χ4n) is 3.90. The van der Waals surface area contributed by atoms with Crippen LogP contribution in [0.15, 0.2) is 48.7 Å². The van der Waals surface area contributed by atoms with Gasteiger partial charge >= 0.3 is 6.18 Å². The van der Waals surface area contributed by atoms with Crippen LogP contribution in [0.1, 0.15) is 34.5 Å². The Kier molecular flexibility index (Phi) is 5.32. The Morgan fingerprint density at radius 3 is 2.52 bits per heavy atom. The second-order valence-corrected chi connectivity index (χ2v) is 8.99. The zero-order valence-corrected chi connectivity index (χ0v) is 18.5. The summed E-state index contributed by atoms with van der Waals surface area (Å²) < 4.78 is 43.4. The summed E-state index contributed by atoms with van der Waals surface area (Å²) in [4.78, 5) is 19.7. The molecule has 5 rings (SSSR count). The molecule has 1 fully saturated rings. The lowest BCUT2D eigenvalue weighted by atomic mass is 10.2. The number of halogens is 3. The van der Waals surface area contributed by atoms with Crippen molar-refractivity contribution < 1.29 is 18.0 Å². The summed E-state index contributed by atoms with van der Waals surface area (Å²) in [6, 6.07) is 11.6. The molecule has 1 aliphatic heterocycles. The van der Waals surface area contributed by atoms with Gasteiger partial charge < -0.3 is 10.2 Å². The highest BCUT2D eigenvalue weighted by Gasteiger charge is 2.40. The highest BCUT2D eigenvalue weighted by Crippen LogP contribution is 2.35. The Bertz CT molecular complexity index is 1320. The molecule has 170 valence electrons. The molecule has 2 aromatic carbocycles. The number of anilines is 2. The van der Waals surface area contributed by atoms with Crippen LogP contribution in [0.5, 0.6) is 0 Å². The van der Waals surface area contributed by atoms with Crippen LogP contribution in [0, 0.1) is 6.92 Å². The minimum atomic E-state index is -4.76. The topological polar surface area (TPSA) is 63.1 Å². The number of nitrogens with one attached hydrogen (secondary N) is 1. The number of benzene rings is 2. The van der Waals surface area contributed by atoms with E-state index in [0.29, 0.717) is 5.69 Å². The summed E-state index contributed by atoms with van der Waals surface area (Å²) in [7, 11) is 0. The molecule has 3 heterocycles. The van der Waals surface area contributed by atoms with Gasteiger partial charge in [0.05, 0.1) is 27.7 Å². The Labute approximate surface area is 191 Å². The first-order valence-electron chi connectivity index (χ1n) is 10.5. The van der Waals surface area contributed by atoms with Crippen molar-refractivity contribution in [3.63, 3.8) is 0 Å². The summed E-state index contributed by atoms with van der Waals surface area (Å²) in [6.45, 7) is 3.77. The molecule has 2 aromatic heterocycles. The lowest BCUT2D eigenvalue weighted by Gasteiger charge is -2.13. The van der Waals surface area contributed by atoms with E-state index in [1.807, 2.05) is 6.92 Å². The predicted molar refractivity (Wildman–Crippen MR) is 122 cm³/mol. The number of nitrogens with zero attached hydrogens (tertiary/aromatic N) is 4. The maximum absolute atomic E-state index is 13.9. The van der Waals surface area contributed by atoms with Crippen molar-refractivity contribution in [2.24, 2.45) is 0 Å². The Balaban J connectivity index is 1.44. The van der Waals surface area contributed by atoms with E-state index in [0.717, 1.165) is 57.7 Å². The zero-order valence-electron chi connectivity index (χ0n) is 17.7. The molecule has 1 amide bonds. The molecule has 33 heavy (non-hydrogen) atoms. The van der Waals surface area contributed by atoms with Gasteiger partial charge in [-0.1, -0.05) is 29.0 Å². The average molecular weight is 472 g/mol. The SMILES string of the molecule is Cc1ccc(-n2ncc(C(=O)Nc3ccc4nc(N5CCCC5)sc4c3)c2C(F)(F)F)cc1. The molecule has 1 aliphatic rings. The van der Waals surface area contributed by atoms with Crippen LogP contribution in [0.4, 0.5) is 24.0 Å². The molecule has 1 N–H and O–H groups in total. The van der Waals surface area contributed by atoms with E-state index in [1.54, 1.807) is 30.3 Å². The monoisotopic (exact) mass is 471 g/mol. The van der Waals surface area contributed by atoms with E-state index in [1.165, 1.54) is 23.5 Å². The van der Waals surface area contributed by atoms with Gasteiger partial charge in [0.2, 0.25) is 0 Å². The van der Waals surface area contributed by atoms with Crippen molar-refractivity contribution in [2.75, 3.05) is 23.3 Å². The van der Waals surface area contributed by atoms with Gasteiger partial charge in [-0.2, -0.15) is 18.3 Å². The van der Waals surface area contributed by atoms with Gasteiger partial charge in [0.15, 0.2) is 10.8 Å². The van der Waals surface area contributed by atoms with E-state index in [9.17, 15) is 18.0 Å². The van der Waals surface area contributed by atoms with E-state index in [-0.39, 0.29) is 5.69 Å². The van der Waals surface area contributed by atoms with Gasteiger partial charge in [0.25, 0.3) is 5.91 Å². The molecule has 0 spiro atoms. The normalized spacial score (nSPS) is 14.2. The number of rotatable bonds is 4. The van der Waals surface area contributed by atoms with E-state index in [4.69, 9.17) is 0 Å². The molecular weight excluding hydrogens is 451 g/mol. The Morgan fingerprint density at radius 2 is 1.82 bits per heavy atom. The van der Waals surface area contributed by atoms with Crippen molar-refractivity contribution >= 4 is 38.3 Å². The number of alkyl halides is 3. The number of hydrogen-bond donors (Lipinski definition) is 1. The van der Waals surface area contributed by atoms with Crippen molar-refractivity contribution in [1.29, 1.82) is 0 Å². The first-order chi connectivity index (χ1) is 15.8. The molecule has 0 radical (unpaired) electrons. The van der Waals surface area contributed by atoms with Crippen LogP contribution in [0.2, 0.25) is 0 Å². The van der Waals surface area contributed by atoms with Crippen LogP contribution in [0.25, 0.3) is 15.9 Å². The fourth-order valence-corrected chi connectivity index (χ4v) is 4.96. The third kappa shape index (κ3) is 4.18. The van der Waals surface area contributed by atoms with Crippen LogP contribution < -0.4 is 10.2 Å². The number of amides is 1. The van der Waals surface area contributed by atoms with Crippen molar-refractivity contribution in [2.45, 2.75) is 25.9 Å². The molecule has 4 aromatic rings. The number of aromatic nitrogens is 3. The highest BCUT2D eigenvalue weighted by atomic mass is 32.1. The number of carbonyl (C=O) groups excluding carboxylic acids is 1. The van der Waals surface area contributed by atoms with Crippen LogP contribution in [-0.4, -0.2) is 33.8 Å². The number of carbonyl (C=O) groups is 1. The van der Waals surface area contributed by atoms with Gasteiger partial charge in [-0.05, 0) is 50.1 Å². The molecule has 0 unspecified atom stereocenters. The highest BCUT2D eigenvalue weighted by molar-refractivity contribution is 7.22. The summed E-state index contributed by atoms with van der Waals surface area (Å²) in [5, 5.41) is 7.37. The molecule has 0 saturated carbocycles. The third-order valence-corrected chi connectivity index (χ3v) is 6.65. The number of thiazole rings is 1. The minimum absolute atomic E-state index is 0.229. The van der Waals surface area contributed by atoms with Crippen LogP contribution >= 0.6 is 11.3 Å². The smallest absolute Gasteiger partial charge is 0.348 e. The molecule has 6 nitrogen and oxygen atoms in total. The van der Waals surface area contributed by atoms with Crippen molar-refractivity contribution in [3.8, 4) is 5.69 Å². The quantitative estimate of drug-likeness (QED) is 0.417. The minimum Gasteiger partial charge on any atom is -0.348 e. The second kappa shape index (κ2) is 8.18. The van der Waals surface area contributed by atoms with E-state index in [2.05, 4.69) is 20.3 Å². The summed E-state index contributed by atoms with van der Waals surface area (Å²) >= 11 is 1.51. The van der Waals surface area contributed by atoms with Crippen molar-refractivity contribution in [3.05, 3.63) is 65.5 Å². The summed E-state index contributed by atoms with van der Waals surface area (Å²) in [5.41, 5.74) is 0.684. The third-order valence-electron chi connectivity index (χ3n) is 5.57. The molecule has 0 atom stereocenters. The van der Waals surface area contributed by atoms with Crippen LogP contribution in [-0.2, 0) is 6.18 Å². The molecule has 1 saturated heterocycles. The van der Waals surface area contributed by atoms with Gasteiger partial charge in [-0.3, -0.25) is 4.79 Å². The molecule has 0 aliphatic carbocycles. The van der Waals surface area contributed by atoms with Gasteiger partial charge in [-0.25, -0.2) is 9.67 Å². The van der Waals surface area contributed by atoms with E-state index >= 15 is 0 Å². The Hall–Kier alpha value is -3.40. The molecule has 10 heteroatoms. The summed E-state index contributed by atoms with van der Waals surface area (Å²) in [5.74, 6) is -0.871. The van der Waals surface area contributed by atoms with Crippen molar-refractivity contribution in [1.82, 2.24) is 14.8 Å². The van der Waals surface area contributed by atoms with Gasteiger partial charge in [0.1, 0.15) is 0 Å². The van der Waals surface area contributed by atoms with Gasteiger partial charge in [0, 0.05) is 18.8 Å². The van der Waals surface area contributed by atoms with Crippen LogP contribution in [0.3, 0.4) is 0 Å². The molecular formula is C23H20F3N5OS. The predicted octanol–water partition coefficient (Wildman–Crippen LogP) is 5.66. The zero-order chi connectivity index (χ0) is 23.2. The number of hydrogen-bond acceptors (Lipinski definition) is 5. The number of fused-ring (bicyclic) bond motifs is 1. The second-order valence-electron chi connectivity index (χ2n) is 7.98. The Morgan fingerprint density at radius 1 is 1.09 bits per heavy atom. The lowest BCUT2D eigenvalue weighted by Crippen LogP contribution is -2.20. The maximum atomic E-state index is 13.9. The van der Waals surface area contributed by atoms with Gasteiger partial charge in [-0.15, -0.1) is 0 Å². The molecule has 0 bridgehead atoms.